The maximum atomic E-state index is 12.3. The van der Waals surface area contributed by atoms with E-state index in [0.29, 0.717) is 37.9 Å². The van der Waals surface area contributed by atoms with E-state index in [9.17, 15) is 4.79 Å². The second-order valence-corrected chi connectivity index (χ2v) is 4.64. The summed E-state index contributed by atoms with van der Waals surface area (Å²) in [6, 6.07) is 1.81. The standard InChI is InChI=1S/C13H23N3O3/c1-10(2)11-9-12(15-14-11)13(17)16(5-7-18-3)6-8-19-4/h9-10H,5-8H2,1-4H3,(H,14,15). The van der Waals surface area contributed by atoms with Gasteiger partial charge in [0.2, 0.25) is 0 Å². The number of carbonyl (C=O) groups is 1. The molecular weight excluding hydrogens is 246 g/mol. The van der Waals surface area contributed by atoms with E-state index in [1.807, 2.05) is 0 Å². The molecule has 1 aromatic heterocycles. The monoisotopic (exact) mass is 269 g/mol. The van der Waals surface area contributed by atoms with Gasteiger partial charge in [0.1, 0.15) is 5.69 Å². The lowest BCUT2D eigenvalue weighted by molar-refractivity contribution is 0.0622. The molecule has 0 saturated carbocycles. The Morgan fingerprint density at radius 3 is 2.32 bits per heavy atom. The molecule has 0 atom stereocenters. The molecule has 0 fully saturated rings. The number of rotatable bonds is 8. The molecule has 0 aliphatic heterocycles. The van der Waals surface area contributed by atoms with Crippen molar-refractivity contribution >= 4 is 5.91 Å². The first-order chi connectivity index (χ1) is 9.10. The lowest BCUT2D eigenvalue weighted by atomic mass is 10.1. The van der Waals surface area contributed by atoms with Crippen LogP contribution in [-0.2, 0) is 9.47 Å². The summed E-state index contributed by atoms with van der Waals surface area (Å²) in [4.78, 5) is 14.0. The minimum Gasteiger partial charge on any atom is -0.383 e. The Labute approximate surface area is 114 Å². The molecule has 6 nitrogen and oxygen atoms in total. The van der Waals surface area contributed by atoms with Gasteiger partial charge in [-0.25, -0.2) is 0 Å². The maximum absolute atomic E-state index is 12.3. The summed E-state index contributed by atoms with van der Waals surface area (Å²) >= 11 is 0. The van der Waals surface area contributed by atoms with Crippen molar-refractivity contribution in [3.8, 4) is 0 Å². The summed E-state index contributed by atoms with van der Waals surface area (Å²) in [5.74, 6) is 0.220. The highest BCUT2D eigenvalue weighted by atomic mass is 16.5. The zero-order valence-corrected chi connectivity index (χ0v) is 12.1. The third-order valence-corrected chi connectivity index (χ3v) is 2.86. The first-order valence-corrected chi connectivity index (χ1v) is 6.42. The molecule has 1 rings (SSSR count). The van der Waals surface area contributed by atoms with E-state index < -0.39 is 0 Å². The number of nitrogens with zero attached hydrogens (tertiary/aromatic N) is 2. The molecule has 0 aliphatic rings. The van der Waals surface area contributed by atoms with Crippen LogP contribution in [0.15, 0.2) is 6.07 Å². The van der Waals surface area contributed by atoms with E-state index in [-0.39, 0.29) is 5.91 Å². The normalized spacial score (nSPS) is 11.0. The highest BCUT2D eigenvalue weighted by Gasteiger charge is 2.18. The van der Waals surface area contributed by atoms with Gasteiger partial charge in [0, 0.05) is 33.0 Å². The quantitative estimate of drug-likeness (QED) is 0.771. The molecule has 0 radical (unpaired) electrons. The SMILES string of the molecule is COCCN(CCOC)C(=O)c1cc(C(C)C)[nH]n1. The van der Waals surface area contributed by atoms with Crippen molar-refractivity contribution < 1.29 is 14.3 Å². The summed E-state index contributed by atoms with van der Waals surface area (Å²) in [5.41, 5.74) is 1.40. The topological polar surface area (TPSA) is 67.5 Å². The van der Waals surface area contributed by atoms with Crippen LogP contribution in [-0.4, -0.2) is 61.5 Å². The van der Waals surface area contributed by atoms with Gasteiger partial charge in [-0.05, 0) is 12.0 Å². The van der Waals surface area contributed by atoms with Gasteiger partial charge < -0.3 is 14.4 Å². The van der Waals surface area contributed by atoms with Crippen molar-refractivity contribution in [1.82, 2.24) is 15.1 Å². The van der Waals surface area contributed by atoms with Gasteiger partial charge in [0.15, 0.2) is 0 Å². The van der Waals surface area contributed by atoms with Gasteiger partial charge in [0.25, 0.3) is 5.91 Å². The van der Waals surface area contributed by atoms with Crippen molar-refractivity contribution in [3.05, 3.63) is 17.5 Å². The van der Waals surface area contributed by atoms with Crippen molar-refractivity contribution in [3.63, 3.8) is 0 Å². The Kier molecular flexibility index (Phi) is 6.52. The molecule has 1 N–H and O–H groups in total. The van der Waals surface area contributed by atoms with Crippen LogP contribution in [0.25, 0.3) is 0 Å². The van der Waals surface area contributed by atoms with Crippen molar-refractivity contribution in [1.29, 1.82) is 0 Å². The first-order valence-electron chi connectivity index (χ1n) is 6.42. The van der Waals surface area contributed by atoms with Crippen molar-refractivity contribution in [2.24, 2.45) is 0 Å². The van der Waals surface area contributed by atoms with Crippen LogP contribution in [0, 0.1) is 0 Å². The Morgan fingerprint density at radius 2 is 1.89 bits per heavy atom. The average molecular weight is 269 g/mol. The number of methoxy groups -OCH3 is 2. The third kappa shape index (κ3) is 4.65. The van der Waals surface area contributed by atoms with E-state index in [0.717, 1.165) is 5.69 Å². The van der Waals surface area contributed by atoms with Crippen molar-refractivity contribution in [2.45, 2.75) is 19.8 Å². The third-order valence-electron chi connectivity index (χ3n) is 2.86. The van der Waals surface area contributed by atoms with E-state index in [4.69, 9.17) is 9.47 Å². The van der Waals surface area contributed by atoms with Gasteiger partial charge in [-0.3, -0.25) is 9.89 Å². The number of ether oxygens (including phenoxy) is 2. The fourth-order valence-electron chi connectivity index (χ4n) is 1.62. The molecule has 0 aromatic carbocycles. The van der Waals surface area contributed by atoms with Crippen LogP contribution >= 0.6 is 0 Å². The maximum Gasteiger partial charge on any atom is 0.274 e. The highest BCUT2D eigenvalue weighted by Crippen LogP contribution is 2.13. The van der Waals surface area contributed by atoms with Crippen molar-refractivity contribution in [2.75, 3.05) is 40.5 Å². The number of nitrogens with one attached hydrogen (secondary N) is 1. The van der Waals surface area contributed by atoms with Gasteiger partial charge in [-0.2, -0.15) is 5.10 Å². The molecule has 19 heavy (non-hydrogen) atoms. The van der Waals surface area contributed by atoms with E-state index >= 15 is 0 Å². The molecule has 6 heteroatoms. The lowest BCUT2D eigenvalue weighted by Gasteiger charge is -2.20. The van der Waals surface area contributed by atoms with Gasteiger partial charge in [0.05, 0.1) is 13.2 Å². The fourth-order valence-corrected chi connectivity index (χ4v) is 1.62. The summed E-state index contributed by atoms with van der Waals surface area (Å²) < 4.78 is 10.0. The molecule has 1 amide bonds. The van der Waals surface area contributed by atoms with Crippen LogP contribution in [0.1, 0.15) is 35.9 Å². The number of hydrogen-bond donors (Lipinski definition) is 1. The average Bonchev–Trinajstić information content (AvgIpc) is 2.88. The van der Waals surface area contributed by atoms with Crippen LogP contribution < -0.4 is 0 Å². The van der Waals surface area contributed by atoms with Gasteiger partial charge >= 0.3 is 0 Å². The summed E-state index contributed by atoms with van der Waals surface area (Å²) in [5, 5.41) is 6.97. The number of H-pyrrole nitrogens is 1. The largest absolute Gasteiger partial charge is 0.383 e. The van der Waals surface area contributed by atoms with Crippen LogP contribution in [0.5, 0.6) is 0 Å². The number of carbonyl (C=O) groups excluding carboxylic acids is 1. The predicted octanol–water partition coefficient (Wildman–Crippen LogP) is 1.27. The number of aromatic nitrogens is 2. The fraction of sp³-hybridized carbons (Fsp3) is 0.692. The smallest absolute Gasteiger partial charge is 0.274 e. The van der Waals surface area contributed by atoms with E-state index in [1.54, 1.807) is 25.2 Å². The van der Waals surface area contributed by atoms with Gasteiger partial charge in [-0.1, -0.05) is 13.8 Å². The van der Waals surface area contributed by atoms with Crippen LogP contribution in [0.4, 0.5) is 0 Å². The van der Waals surface area contributed by atoms with E-state index in [2.05, 4.69) is 24.0 Å². The molecule has 0 unspecified atom stereocenters. The Hall–Kier alpha value is -1.40. The molecule has 0 spiro atoms. The molecule has 0 saturated heterocycles. The predicted molar refractivity (Wildman–Crippen MR) is 72.3 cm³/mol. The minimum atomic E-state index is -0.0998. The molecule has 0 aliphatic carbocycles. The molecule has 108 valence electrons. The molecule has 1 aromatic rings. The Bertz CT molecular complexity index is 382. The minimum absolute atomic E-state index is 0.0998. The Balaban J connectivity index is 2.72. The van der Waals surface area contributed by atoms with Gasteiger partial charge in [-0.15, -0.1) is 0 Å². The zero-order chi connectivity index (χ0) is 14.3. The lowest BCUT2D eigenvalue weighted by Crippen LogP contribution is -2.36. The summed E-state index contributed by atoms with van der Waals surface area (Å²) in [6.07, 6.45) is 0. The molecular formula is C13H23N3O3. The Morgan fingerprint density at radius 1 is 1.32 bits per heavy atom. The van der Waals surface area contributed by atoms with Crippen LogP contribution in [0.2, 0.25) is 0 Å². The highest BCUT2D eigenvalue weighted by molar-refractivity contribution is 5.92. The summed E-state index contributed by atoms with van der Waals surface area (Å²) in [6.45, 7) is 6.16. The second kappa shape index (κ2) is 7.91. The molecule has 1 heterocycles. The second-order valence-electron chi connectivity index (χ2n) is 4.64. The zero-order valence-electron chi connectivity index (χ0n) is 12.1. The summed E-state index contributed by atoms with van der Waals surface area (Å²) in [7, 11) is 3.23. The van der Waals surface area contributed by atoms with E-state index in [1.165, 1.54) is 0 Å². The number of amides is 1. The van der Waals surface area contributed by atoms with Crippen LogP contribution in [0.3, 0.4) is 0 Å². The first kappa shape index (κ1) is 15.7. The molecule has 0 bridgehead atoms. The number of hydrogen-bond acceptors (Lipinski definition) is 4. The number of aromatic amines is 1.